The van der Waals surface area contributed by atoms with Crippen LogP contribution in [0, 0.1) is 0 Å². The highest BCUT2D eigenvalue weighted by atomic mass is 19.3. The first-order valence-corrected chi connectivity index (χ1v) is 8.39. The highest BCUT2D eigenvalue weighted by molar-refractivity contribution is 5.79. The number of nitrogens with one attached hydrogen (secondary N) is 2. The molecule has 9 heteroatoms. The highest BCUT2D eigenvalue weighted by Crippen LogP contribution is 2.26. The van der Waals surface area contributed by atoms with Gasteiger partial charge in [-0.05, 0) is 36.4 Å². The van der Waals surface area contributed by atoms with Gasteiger partial charge in [-0.3, -0.25) is 4.99 Å². The van der Waals surface area contributed by atoms with Crippen LogP contribution in [0.4, 0.5) is 8.78 Å². The van der Waals surface area contributed by atoms with Crippen LogP contribution in [-0.4, -0.2) is 38.9 Å². The molecule has 152 valence electrons. The molecule has 3 N–H and O–H groups in total. The molecular weight excluding hydrogens is 372 g/mol. The van der Waals surface area contributed by atoms with Crippen LogP contribution in [0.2, 0.25) is 0 Å². The molecule has 2 rings (SSSR count). The van der Waals surface area contributed by atoms with Gasteiger partial charge in [0.25, 0.3) is 0 Å². The summed E-state index contributed by atoms with van der Waals surface area (Å²) < 4.78 is 40.0. The maximum absolute atomic E-state index is 12.6. The van der Waals surface area contributed by atoms with Crippen LogP contribution in [0.25, 0.3) is 0 Å². The summed E-state index contributed by atoms with van der Waals surface area (Å²) in [4.78, 5) is 4.08. The maximum Gasteiger partial charge on any atom is 0.387 e. The predicted octanol–water partition coefficient (Wildman–Crippen LogP) is 2.88. The van der Waals surface area contributed by atoms with Gasteiger partial charge in [0.05, 0.1) is 14.2 Å². The fourth-order valence-corrected chi connectivity index (χ4v) is 2.44. The fourth-order valence-electron chi connectivity index (χ4n) is 2.44. The van der Waals surface area contributed by atoms with Crippen LogP contribution in [0.5, 0.6) is 23.0 Å². The first-order valence-electron chi connectivity index (χ1n) is 8.39. The molecule has 0 heterocycles. The molecule has 0 saturated heterocycles. The van der Waals surface area contributed by atoms with Crippen LogP contribution in [0.3, 0.4) is 0 Å². The van der Waals surface area contributed by atoms with Crippen molar-refractivity contribution in [2.75, 3.05) is 21.3 Å². The number of hydrogen-bond acceptors (Lipinski definition) is 5. The average Bonchev–Trinajstić information content (AvgIpc) is 2.69. The summed E-state index contributed by atoms with van der Waals surface area (Å²) in [6.45, 7) is -2.48. The van der Waals surface area contributed by atoms with Crippen molar-refractivity contribution in [3.63, 3.8) is 0 Å². The van der Waals surface area contributed by atoms with Crippen molar-refractivity contribution in [2.45, 2.75) is 19.7 Å². The second kappa shape index (κ2) is 10.2. The van der Waals surface area contributed by atoms with Crippen molar-refractivity contribution in [3.05, 3.63) is 47.5 Å². The Bertz CT molecular complexity index is 816. The quantitative estimate of drug-likeness (QED) is 0.471. The molecule has 0 fully saturated rings. The molecule has 2 aromatic carbocycles. The van der Waals surface area contributed by atoms with Crippen molar-refractivity contribution in [1.82, 2.24) is 10.6 Å². The minimum atomic E-state index is -2.93. The lowest BCUT2D eigenvalue weighted by Gasteiger charge is -2.16. The van der Waals surface area contributed by atoms with Gasteiger partial charge in [-0.1, -0.05) is 0 Å². The molecule has 0 aliphatic carbocycles. The summed E-state index contributed by atoms with van der Waals surface area (Å²) in [6.07, 6.45) is 0. The topological polar surface area (TPSA) is 84.3 Å². The van der Waals surface area contributed by atoms with Gasteiger partial charge in [-0.15, -0.1) is 0 Å². The third kappa shape index (κ3) is 5.90. The average molecular weight is 395 g/mol. The molecule has 0 aliphatic rings. The zero-order valence-corrected chi connectivity index (χ0v) is 15.8. The van der Waals surface area contributed by atoms with E-state index in [9.17, 15) is 13.9 Å². The first-order chi connectivity index (χ1) is 13.5. The number of phenolic OH excluding ortho intramolecular Hbond substituents is 1. The Morgan fingerprint density at radius 1 is 1.00 bits per heavy atom. The van der Waals surface area contributed by atoms with Gasteiger partial charge in [0.1, 0.15) is 23.0 Å². The number of nitrogens with zero attached hydrogens (tertiary/aromatic N) is 1. The third-order valence-electron chi connectivity index (χ3n) is 3.89. The number of hydrogen-bond donors (Lipinski definition) is 3. The van der Waals surface area contributed by atoms with Crippen LogP contribution in [-0.2, 0) is 13.1 Å². The molecule has 2 aromatic rings. The molecule has 0 bridgehead atoms. The van der Waals surface area contributed by atoms with Gasteiger partial charge < -0.3 is 30.0 Å². The van der Waals surface area contributed by atoms with E-state index in [1.165, 1.54) is 26.4 Å². The Hall–Kier alpha value is -3.23. The van der Waals surface area contributed by atoms with Crippen LogP contribution in [0.1, 0.15) is 11.1 Å². The predicted molar refractivity (Wildman–Crippen MR) is 101 cm³/mol. The Morgan fingerprint density at radius 3 is 2.14 bits per heavy atom. The van der Waals surface area contributed by atoms with Crippen molar-refractivity contribution in [3.8, 4) is 23.0 Å². The molecule has 0 radical (unpaired) electrons. The summed E-state index contributed by atoms with van der Waals surface area (Å²) >= 11 is 0. The molecule has 7 nitrogen and oxygen atoms in total. The monoisotopic (exact) mass is 395 g/mol. The minimum absolute atomic E-state index is 0.0455. The van der Waals surface area contributed by atoms with E-state index in [1.807, 2.05) is 0 Å². The number of methoxy groups -OCH3 is 2. The van der Waals surface area contributed by atoms with E-state index in [-0.39, 0.29) is 24.6 Å². The molecule has 0 atom stereocenters. The van der Waals surface area contributed by atoms with Crippen molar-refractivity contribution in [1.29, 1.82) is 0 Å². The Labute approximate surface area is 162 Å². The van der Waals surface area contributed by atoms with E-state index in [0.717, 1.165) is 0 Å². The van der Waals surface area contributed by atoms with Crippen LogP contribution < -0.4 is 24.8 Å². The number of aliphatic imine (C=N–C) groups is 1. The van der Waals surface area contributed by atoms with E-state index in [2.05, 4.69) is 20.4 Å². The SMILES string of the molecule is CN=C(NCc1cc(OC)ccc1O)NCc1cc(OC)ccc1OC(F)F. The first kappa shape index (κ1) is 21.1. The molecular formula is C19H23F2N3O4. The standard InChI is InChI=1S/C19H23F2N3O4/c1-22-19(23-10-12-8-14(26-2)4-6-16(12)25)24-11-13-9-15(27-3)5-7-17(13)28-18(20)21/h4-9,18,25H,10-11H2,1-3H3,(H2,22,23,24). The highest BCUT2D eigenvalue weighted by Gasteiger charge is 2.12. The molecule has 0 amide bonds. The van der Waals surface area contributed by atoms with Gasteiger partial charge >= 0.3 is 6.61 Å². The summed E-state index contributed by atoms with van der Waals surface area (Å²) in [5, 5.41) is 16.0. The van der Waals surface area contributed by atoms with Crippen molar-refractivity contribution in [2.24, 2.45) is 4.99 Å². The maximum atomic E-state index is 12.6. The Morgan fingerprint density at radius 2 is 1.57 bits per heavy atom. The molecule has 0 spiro atoms. The largest absolute Gasteiger partial charge is 0.508 e. The van der Waals surface area contributed by atoms with E-state index in [1.54, 1.807) is 31.3 Å². The molecule has 0 aromatic heterocycles. The molecule has 0 unspecified atom stereocenters. The summed E-state index contributed by atoms with van der Waals surface area (Å²) in [6, 6.07) is 9.46. The summed E-state index contributed by atoms with van der Waals surface area (Å²) in [5.74, 6) is 1.70. The summed E-state index contributed by atoms with van der Waals surface area (Å²) in [7, 11) is 4.60. The number of rotatable bonds is 8. The van der Waals surface area contributed by atoms with E-state index < -0.39 is 6.61 Å². The van der Waals surface area contributed by atoms with Gasteiger partial charge in [0.2, 0.25) is 0 Å². The van der Waals surface area contributed by atoms with E-state index in [0.29, 0.717) is 28.6 Å². The molecule has 28 heavy (non-hydrogen) atoms. The number of ether oxygens (including phenoxy) is 3. The lowest BCUT2D eigenvalue weighted by atomic mass is 10.2. The van der Waals surface area contributed by atoms with Crippen LogP contribution in [0.15, 0.2) is 41.4 Å². The van der Waals surface area contributed by atoms with Gasteiger partial charge in [-0.2, -0.15) is 8.78 Å². The smallest absolute Gasteiger partial charge is 0.387 e. The number of aromatic hydroxyl groups is 1. The number of guanidine groups is 1. The van der Waals surface area contributed by atoms with Crippen LogP contribution >= 0.6 is 0 Å². The van der Waals surface area contributed by atoms with Gasteiger partial charge in [0, 0.05) is 31.3 Å². The van der Waals surface area contributed by atoms with Crippen molar-refractivity contribution >= 4 is 5.96 Å². The van der Waals surface area contributed by atoms with Gasteiger partial charge in [0.15, 0.2) is 5.96 Å². The Balaban J connectivity index is 2.04. The second-order valence-electron chi connectivity index (χ2n) is 5.63. The van der Waals surface area contributed by atoms with E-state index in [4.69, 9.17) is 9.47 Å². The van der Waals surface area contributed by atoms with Crippen molar-refractivity contribution < 1.29 is 28.1 Å². The third-order valence-corrected chi connectivity index (χ3v) is 3.89. The number of benzene rings is 2. The number of phenols is 1. The molecule has 0 saturated carbocycles. The lowest BCUT2D eigenvalue weighted by molar-refractivity contribution is -0.0505. The number of halogens is 2. The minimum Gasteiger partial charge on any atom is -0.508 e. The van der Waals surface area contributed by atoms with E-state index >= 15 is 0 Å². The zero-order valence-electron chi connectivity index (χ0n) is 15.8. The molecule has 0 aliphatic heterocycles. The Kier molecular flexibility index (Phi) is 7.67. The fraction of sp³-hybridized carbons (Fsp3) is 0.316. The summed E-state index contributed by atoms with van der Waals surface area (Å²) in [5.41, 5.74) is 1.09. The second-order valence-corrected chi connectivity index (χ2v) is 5.63. The van der Waals surface area contributed by atoms with Gasteiger partial charge in [-0.25, -0.2) is 0 Å². The zero-order chi connectivity index (χ0) is 20.5. The lowest BCUT2D eigenvalue weighted by Crippen LogP contribution is -2.36. The normalized spacial score (nSPS) is 11.3. The number of alkyl halides is 2.